The van der Waals surface area contributed by atoms with Gasteiger partial charge in [-0.2, -0.15) is 0 Å². The van der Waals surface area contributed by atoms with Gasteiger partial charge in [0, 0.05) is 19.4 Å². The zero-order valence-corrected chi connectivity index (χ0v) is 40.4. The van der Waals surface area contributed by atoms with Crippen molar-refractivity contribution in [2.24, 2.45) is 39.9 Å². The Kier molecular flexibility index (Phi) is 27.3. The summed E-state index contributed by atoms with van der Waals surface area (Å²) in [6, 6.07) is -3.84. The fraction of sp³-hybridized carbons (Fsp3) is 0.614. The van der Waals surface area contributed by atoms with Gasteiger partial charge in [0.2, 0.25) is 47.3 Å². The number of aliphatic carboxylic acids is 2. The number of nitrogens with two attached hydrogens (primary N) is 3. The van der Waals surface area contributed by atoms with E-state index in [0.29, 0.717) is 5.56 Å². The number of carboxylic acids is 2. The first-order valence-electron chi connectivity index (χ1n) is 22.7. The van der Waals surface area contributed by atoms with Crippen molar-refractivity contribution in [3.63, 3.8) is 0 Å². The number of aliphatic hydroxyl groups excluding tert-OH is 2. The Morgan fingerprint density at radius 1 is 0.557 bits per heavy atom. The van der Waals surface area contributed by atoms with Crippen molar-refractivity contribution in [3.8, 4) is 0 Å². The predicted octanol–water partition coefficient (Wildman–Crippen LogP) is -4.59. The van der Waals surface area contributed by atoms with E-state index in [1.807, 2.05) is 0 Å². The fourth-order valence-electron chi connectivity index (χ4n) is 6.62. The van der Waals surface area contributed by atoms with Gasteiger partial charge in [-0.1, -0.05) is 71.9 Å². The topological polar surface area (TPSA) is 438 Å². The number of hydrogen-bond donors (Lipinski definition) is 15. The number of carbonyl (C=O) groups excluding carboxylic acids is 8. The van der Waals surface area contributed by atoms with Crippen LogP contribution in [0, 0.1) is 17.8 Å². The normalized spacial score (nSPS) is 14.5. The summed E-state index contributed by atoms with van der Waals surface area (Å²) in [5, 5.41) is 58.9. The zero-order valence-electron chi connectivity index (χ0n) is 40.4. The number of rotatable bonds is 32. The molecular formula is C44H72N12O14. The molecule has 1 rings (SSSR count). The molecule has 1 aromatic rings. The van der Waals surface area contributed by atoms with E-state index in [4.69, 9.17) is 17.2 Å². The van der Waals surface area contributed by atoms with Crippen molar-refractivity contribution in [3.05, 3.63) is 35.9 Å². The molecule has 26 nitrogen and oxygen atoms in total. The molecule has 0 aliphatic rings. The van der Waals surface area contributed by atoms with E-state index >= 15 is 0 Å². The molecule has 0 saturated heterocycles. The minimum absolute atomic E-state index is 0.0230. The van der Waals surface area contributed by atoms with E-state index in [2.05, 4.69) is 47.5 Å². The van der Waals surface area contributed by atoms with Crippen LogP contribution in [0.25, 0.3) is 0 Å². The van der Waals surface area contributed by atoms with Crippen LogP contribution in [0.3, 0.4) is 0 Å². The van der Waals surface area contributed by atoms with Crippen LogP contribution in [0.1, 0.15) is 79.2 Å². The van der Waals surface area contributed by atoms with Gasteiger partial charge < -0.3 is 80.2 Å². The quantitative estimate of drug-likeness (QED) is 0.0183. The molecule has 26 heteroatoms. The van der Waals surface area contributed by atoms with E-state index in [1.54, 1.807) is 71.9 Å². The van der Waals surface area contributed by atoms with Crippen LogP contribution >= 0.6 is 0 Å². The average Bonchev–Trinajstić information content (AvgIpc) is 3.29. The van der Waals surface area contributed by atoms with Gasteiger partial charge in [-0.15, -0.1) is 0 Å². The number of hydrogen-bond acceptors (Lipinski definition) is 14. The second-order valence-electron chi connectivity index (χ2n) is 17.5. The van der Waals surface area contributed by atoms with E-state index in [0.717, 1.165) is 0 Å². The highest BCUT2D eigenvalue weighted by atomic mass is 16.4. The molecule has 70 heavy (non-hydrogen) atoms. The molecule has 0 radical (unpaired) electrons. The number of nitrogens with zero attached hydrogens (tertiary/aromatic N) is 1. The van der Waals surface area contributed by atoms with Gasteiger partial charge in [-0.3, -0.25) is 48.1 Å². The lowest BCUT2D eigenvalue weighted by Gasteiger charge is -2.28. The first-order chi connectivity index (χ1) is 32.8. The van der Waals surface area contributed by atoms with E-state index < -0.39 is 152 Å². The Morgan fingerprint density at radius 2 is 1.00 bits per heavy atom. The predicted molar refractivity (Wildman–Crippen MR) is 252 cm³/mol. The molecule has 0 saturated carbocycles. The maximum atomic E-state index is 14.0. The first kappa shape index (κ1) is 61.1. The van der Waals surface area contributed by atoms with Gasteiger partial charge in [0.15, 0.2) is 5.96 Å². The molecule has 0 bridgehead atoms. The van der Waals surface area contributed by atoms with E-state index in [-0.39, 0.29) is 44.1 Å². The zero-order chi connectivity index (χ0) is 53.2. The number of amides is 8. The maximum Gasteiger partial charge on any atom is 0.326 e. The lowest BCUT2D eigenvalue weighted by Crippen LogP contribution is -2.61. The van der Waals surface area contributed by atoms with Crippen molar-refractivity contribution in [1.29, 1.82) is 0 Å². The van der Waals surface area contributed by atoms with Crippen LogP contribution < -0.4 is 59.7 Å². The third-order valence-electron chi connectivity index (χ3n) is 10.4. The Balaban J connectivity index is 3.44. The molecular weight excluding hydrogens is 921 g/mol. The minimum Gasteiger partial charge on any atom is -0.481 e. The van der Waals surface area contributed by atoms with Crippen molar-refractivity contribution in [2.45, 2.75) is 128 Å². The number of carbonyl (C=O) groups is 10. The molecule has 0 aromatic heterocycles. The molecule has 392 valence electrons. The number of nitrogens with one attached hydrogen (secondary N) is 8. The number of guanidine groups is 1. The van der Waals surface area contributed by atoms with Crippen LogP contribution in [0.4, 0.5) is 0 Å². The molecule has 8 atom stereocenters. The van der Waals surface area contributed by atoms with E-state index in [1.165, 1.54) is 0 Å². The van der Waals surface area contributed by atoms with Gasteiger partial charge in [0.05, 0.1) is 19.8 Å². The van der Waals surface area contributed by atoms with E-state index in [9.17, 15) is 68.4 Å². The third-order valence-corrected chi connectivity index (χ3v) is 10.4. The molecule has 18 N–H and O–H groups in total. The lowest BCUT2D eigenvalue weighted by molar-refractivity contribution is -0.143. The molecule has 0 spiro atoms. The fourth-order valence-corrected chi connectivity index (χ4v) is 6.62. The second kappa shape index (κ2) is 31.2. The summed E-state index contributed by atoms with van der Waals surface area (Å²) in [6.07, 6.45) is -1.32. The van der Waals surface area contributed by atoms with Crippen LogP contribution in [-0.4, -0.2) is 160 Å². The van der Waals surface area contributed by atoms with Crippen molar-refractivity contribution in [2.75, 3.05) is 26.3 Å². The van der Waals surface area contributed by atoms with Crippen LogP contribution in [0.15, 0.2) is 35.3 Å². The molecule has 0 heterocycles. The van der Waals surface area contributed by atoms with Crippen molar-refractivity contribution in [1.82, 2.24) is 42.5 Å². The first-order valence-corrected chi connectivity index (χ1v) is 22.7. The third kappa shape index (κ3) is 22.5. The molecule has 0 fully saturated rings. The Morgan fingerprint density at radius 3 is 1.47 bits per heavy atom. The molecule has 1 aromatic carbocycles. The summed E-state index contributed by atoms with van der Waals surface area (Å²) in [5.74, 6) is -11.8. The lowest BCUT2D eigenvalue weighted by atomic mass is 9.99. The minimum atomic E-state index is -1.77. The number of aliphatic imine (C=N–C) groups is 1. The average molecular weight is 993 g/mol. The van der Waals surface area contributed by atoms with Gasteiger partial charge in [0.1, 0.15) is 48.3 Å². The van der Waals surface area contributed by atoms with Gasteiger partial charge in [0.25, 0.3) is 0 Å². The smallest absolute Gasteiger partial charge is 0.326 e. The number of aliphatic hydroxyl groups is 2. The number of benzene rings is 1. The summed E-state index contributed by atoms with van der Waals surface area (Å²) in [7, 11) is 0. The highest BCUT2D eigenvalue weighted by molar-refractivity contribution is 5.98. The highest BCUT2D eigenvalue weighted by Gasteiger charge is 2.36. The van der Waals surface area contributed by atoms with Gasteiger partial charge in [-0.25, -0.2) is 4.79 Å². The summed E-state index contributed by atoms with van der Waals surface area (Å²) < 4.78 is 0. The van der Waals surface area contributed by atoms with Crippen molar-refractivity contribution < 1.29 is 68.4 Å². The van der Waals surface area contributed by atoms with Crippen LogP contribution in [-0.2, 0) is 54.4 Å². The standard InChI is InChI=1S/C44H72N12O14/c1-22(2)17-28(49-32(59)19-45)39(65)55-34(23(3)4)42(68)54-31(21-58)41(67)51-27(14-15-33(60)61)36(62)52-29(18-25-11-8-7-9-12-25)38(64)53-30(20-57)40(66)50-26(13-10-16-48-44(46)47)37(63)56-35(24(5)6)43(69)70/h7-9,11-12,22-24,26-31,34-35,57-58H,10,13-21,45H2,1-6H3,(H,49,59)(H,50,66)(H,51,67)(H,52,62)(H,53,64)(H,54,68)(H,55,65)(H,56,63)(H,60,61)(H,69,70)(H4,46,47,48)/t26-,27-,28-,29-,30-,31-,34-,35-/m0/s1. The van der Waals surface area contributed by atoms with Gasteiger partial charge >= 0.3 is 11.9 Å². The summed E-state index contributed by atoms with van der Waals surface area (Å²) in [6.45, 7) is 7.43. The Labute approximate surface area is 405 Å². The van der Waals surface area contributed by atoms with Crippen LogP contribution in [0.2, 0.25) is 0 Å². The number of carboxylic acid groups (broad SMARTS) is 2. The monoisotopic (exact) mass is 993 g/mol. The van der Waals surface area contributed by atoms with Crippen LogP contribution in [0.5, 0.6) is 0 Å². The molecule has 8 amide bonds. The molecule has 0 unspecified atom stereocenters. The largest absolute Gasteiger partial charge is 0.481 e. The summed E-state index contributed by atoms with van der Waals surface area (Å²) in [4.78, 5) is 135. The Hall–Kier alpha value is -6.93. The molecule has 0 aliphatic carbocycles. The van der Waals surface area contributed by atoms with Crippen molar-refractivity contribution >= 4 is 65.2 Å². The SMILES string of the molecule is CC(C)C[C@H](NC(=O)CN)C(=O)N[C@H](C(=O)N[C@@H](CO)C(=O)N[C@@H](CCC(=O)O)C(=O)N[C@@H](Cc1ccccc1)C(=O)N[C@@H](CO)C(=O)N[C@@H](CCCN=C(N)N)C(=O)N[C@H](C(=O)O)C(C)C)C(C)C. The highest BCUT2D eigenvalue weighted by Crippen LogP contribution is 2.11. The molecule has 0 aliphatic heterocycles. The summed E-state index contributed by atoms with van der Waals surface area (Å²) >= 11 is 0. The Bertz CT molecular complexity index is 1970. The van der Waals surface area contributed by atoms with Gasteiger partial charge in [-0.05, 0) is 49.0 Å². The second-order valence-corrected chi connectivity index (χ2v) is 17.5. The maximum absolute atomic E-state index is 14.0. The summed E-state index contributed by atoms with van der Waals surface area (Å²) in [5.41, 5.74) is 16.6.